The number of hydrogen-bond donors (Lipinski definition) is 3. The number of carbonyl (C=O) groups excluding carboxylic acids is 2. The Labute approximate surface area is 269 Å². The van der Waals surface area contributed by atoms with Crippen LogP contribution in [0.4, 0.5) is 0 Å². The van der Waals surface area contributed by atoms with Gasteiger partial charge in [-0.15, -0.1) is 0 Å². The highest BCUT2D eigenvalue weighted by molar-refractivity contribution is 6.16. The van der Waals surface area contributed by atoms with Gasteiger partial charge in [0.1, 0.15) is 17.1 Å². The van der Waals surface area contributed by atoms with Gasteiger partial charge in [0.2, 0.25) is 0 Å². The molecule has 0 bridgehead atoms. The lowest BCUT2D eigenvalue weighted by Gasteiger charge is -2.50. The van der Waals surface area contributed by atoms with E-state index in [-0.39, 0.29) is 46.4 Å². The van der Waals surface area contributed by atoms with E-state index in [0.29, 0.717) is 42.3 Å². The zero-order valence-corrected chi connectivity index (χ0v) is 27.4. The summed E-state index contributed by atoms with van der Waals surface area (Å²) in [5, 5.41) is 30.3. The Morgan fingerprint density at radius 2 is 1.87 bits per heavy atom. The van der Waals surface area contributed by atoms with E-state index >= 15 is 0 Å². The summed E-state index contributed by atoms with van der Waals surface area (Å²) in [5.41, 5.74) is 0.283. The second-order valence-corrected chi connectivity index (χ2v) is 13.6. The summed E-state index contributed by atoms with van der Waals surface area (Å²) in [5.74, 6) is -2.40. The highest BCUT2D eigenvalue weighted by Gasteiger charge is 2.62. The van der Waals surface area contributed by atoms with Gasteiger partial charge >= 0.3 is 5.97 Å². The van der Waals surface area contributed by atoms with E-state index in [1.54, 1.807) is 13.0 Å². The van der Waals surface area contributed by atoms with Crippen molar-refractivity contribution in [3.05, 3.63) is 51.0 Å². The van der Waals surface area contributed by atoms with Crippen LogP contribution in [0.5, 0.6) is 11.6 Å². The van der Waals surface area contributed by atoms with Crippen molar-refractivity contribution in [3.63, 3.8) is 0 Å². The third kappa shape index (κ3) is 4.94. The van der Waals surface area contributed by atoms with Gasteiger partial charge in [0.15, 0.2) is 17.3 Å². The number of unbranched alkanes of at least 4 members (excludes halogenated alkanes) is 2. The maximum Gasteiger partial charge on any atom is 0.336 e. The van der Waals surface area contributed by atoms with Crippen molar-refractivity contribution in [1.82, 2.24) is 15.4 Å². The van der Waals surface area contributed by atoms with Gasteiger partial charge < -0.3 is 29.5 Å². The predicted octanol–water partition coefficient (Wildman–Crippen LogP) is 5.85. The zero-order valence-electron chi connectivity index (χ0n) is 27.4. The van der Waals surface area contributed by atoms with Crippen LogP contribution in [-0.2, 0) is 6.42 Å². The Bertz CT molecular complexity index is 1590. The number of ketones is 2. The molecule has 248 valence electrons. The first kappa shape index (κ1) is 32.2. The maximum absolute atomic E-state index is 14.6. The molecule has 46 heavy (non-hydrogen) atoms. The number of benzene rings is 1. The molecule has 4 aliphatic rings. The van der Waals surface area contributed by atoms with Crippen molar-refractivity contribution in [1.29, 1.82) is 0 Å². The molecule has 0 radical (unpaired) electrons. The number of fused-ring (bicyclic) bond motifs is 4. The molecule has 1 aliphatic heterocycles. The monoisotopic (exact) mass is 635 g/mol. The minimum atomic E-state index is -1.46. The lowest BCUT2D eigenvalue weighted by molar-refractivity contribution is 0.0175. The third-order valence-corrected chi connectivity index (χ3v) is 10.5. The van der Waals surface area contributed by atoms with Crippen LogP contribution in [-0.4, -0.2) is 71.7 Å². The summed E-state index contributed by atoms with van der Waals surface area (Å²) in [6, 6.07) is 1.10. The van der Waals surface area contributed by atoms with Gasteiger partial charge in [-0.1, -0.05) is 26.7 Å². The molecule has 11 nitrogen and oxygen atoms in total. The van der Waals surface area contributed by atoms with Crippen LogP contribution in [0.1, 0.15) is 126 Å². The molecule has 3 N–H and O–H groups in total. The fourth-order valence-electron chi connectivity index (χ4n) is 8.14. The molecular formula is C35H45N3O8. The normalized spacial score (nSPS) is 26.9. The molecule has 1 saturated heterocycles. The Morgan fingerprint density at radius 1 is 1.15 bits per heavy atom. The Balaban J connectivity index is 1.52. The number of carboxylic acids is 1. The van der Waals surface area contributed by atoms with Crippen LogP contribution in [0.25, 0.3) is 0 Å². The van der Waals surface area contributed by atoms with Crippen LogP contribution in [0.15, 0.2) is 21.9 Å². The molecule has 1 aromatic heterocycles. The first-order valence-corrected chi connectivity index (χ1v) is 16.7. The van der Waals surface area contributed by atoms with Crippen molar-refractivity contribution in [3.8, 4) is 11.6 Å². The molecule has 1 fully saturated rings. The summed E-state index contributed by atoms with van der Waals surface area (Å²) in [6.07, 6.45) is 5.62. The smallest absolute Gasteiger partial charge is 0.336 e. The van der Waals surface area contributed by atoms with Gasteiger partial charge in [0.25, 0.3) is 5.88 Å². The molecule has 0 spiro atoms. The third-order valence-electron chi connectivity index (χ3n) is 10.5. The van der Waals surface area contributed by atoms with E-state index in [4.69, 9.17) is 14.0 Å². The zero-order chi connectivity index (χ0) is 32.9. The fourth-order valence-corrected chi connectivity index (χ4v) is 8.14. The molecule has 5 atom stereocenters. The molecule has 2 heterocycles. The first-order valence-electron chi connectivity index (χ1n) is 16.7. The highest BCUT2D eigenvalue weighted by Crippen LogP contribution is 2.60. The van der Waals surface area contributed by atoms with Gasteiger partial charge in [0.05, 0.1) is 35.8 Å². The standard InChI is InChI=1S/C35H45N3O8/c1-6-8-13-44-23-17-19(22-11-10-12-36-22)25(34(42)43)20-15-18-16-21-28(38(4)5)30-27(33(37-46-30)45-14-9-7-2)32(41)35(21,3)31(40)24(18)29(39)26(20)23/h17-18,21-22,28,36,40H,6-16H2,1-5H3,(H,42,43)/t18-,21-,22?,28-,35+/m0/s1. The number of aromatic nitrogens is 1. The van der Waals surface area contributed by atoms with E-state index in [1.165, 1.54) is 0 Å². The molecule has 0 amide bonds. The summed E-state index contributed by atoms with van der Waals surface area (Å²) < 4.78 is 17.9. The van der Waals surface area contributed by atoms with Gasteiger partial charge in [-0.3, -0.25) is 14.5 Å². The van der Waals surface area contributed by atoms with Crippen LogP contribution in [0.2, 0.25) is 0 Å². The van der Waals surface area contributed by atoms with Crippen LogP contribution in [0, 0.1) is 17.3 Å². The predicted molar refractivity (Wildman–Crippen MR) is 169 cm³/mol. The highest BCUT2D eigenvalue weighted by atomic mass is 16.5. The minimum absolute atomic E-state index is 0.103. The maximum atomic E-state index is 14.6. The van der Waals surface area contributed by atoms with Gasteiger partial charge in [-0.25, -0.2) is 4.79 Å². The lowest BCUT2D eigenvalue weighted by atomic mass is 9.54. The second kappa shape index (κ2) is 12.5. The lowest BCUT2D eigenvalue weighted by Crippen LogP contribution is -2.53. The number of rotatable bonds is 11. The number of aliphatic hydroxyl groups excluding tert-OH is 1. The Kier molecular flexibility index (Phi) is 8.75. The van der Waals surface area contributed by atoms with E-state index in [1.807, 2.05) is 32.8 Å². The average molecular weight is 636 g/mol. The van der Waals surface area contributed by atoms with Gasteiger partial charge in [-0.2, -0.15) is 0 Å². The van der Waals surface area contributed by atoms with Crippen LogP contribution in [0.3, 0.4) is 0 Å². The average Bonchev–Trinajstić information content (AvgIpc) is 3.69. The molecular weight excluding hydrogens is 590 g/mol. The van der Waals surface area contributed by atoms with E-state index < -0.39 is 40.8 Å². The number of hydrogen-bond acceptors (Lipinski definition) is 10. The fraction of sp³-hybridized carbons (Fsp3) is 0.600. The number of carboxylic acid groups (broad SMARTS) is 1. The van der Waals surface area contributed by atoms with Crippen LogP contribution < -0.4 is 14.8 Å². The number of aliphatic hydroxyl groups is 1. The number of allylic oxidation sites excluding steroid dienone is 2. The number of aromatic carboxylic acids is 1. The molecule has 1 aromatic carbocycles. The number of nitrogens with zero attached hydrogens (tertiary/aromatic N) is 2. The first-order chi connectivity index (χ1) is 22.1. The summed E-state index contributed by atoms with van der Waals surface area (Å²) in [7, 11) is 3.76. The SMILES string of the molecule is CCCCOc1cc(C2CCCN2)c(C(=O)O)c2c1C(=O)C1=C(O)[C@]3(C)C(=O)c4c(OCCCC)noc4[C@@H](N(C)C)[C@@H]3C[C@@H]1C2. The van der Waals surface area contributed by atoms with Crippen molar-refractivity contribution in [2.45, 2.75) is 84.2 Å². The number of nitrogens with one attached hydrogen (secondary N) is 1. The molecule has 0 saturated carbocycles. The topological polar surface area (TPSA) is 151 Å². The van der Waals surface area contributed by atoms with Crippen molar-refractivity contribution < 1.29 is 38.6 Å². The number of carbonyl (C=O) groups is 3. The minimum Gasteiger partial charge on any atom is -0.511 e. The molecule has 1 unspecified atom stereocenters. The van der Waals surface area contributed by atoms with Gasteiger partial charge in [-0.05, 0) is 94.4 Å². The largest absolute Gasteiger partial charge is 0.511 e. The molecule has 11 heteroatoms. The van der Waals surface area contributed by atoms with E-state index in [9.17, 15) is 24.6 Å². The van der Waals surface area contributed by atoms with Crippen molar-refractivity contribution in [2.24, 2.45) is 17.3 Å². The molecule has 2 aromatic rings. The summed E-state index contributed by atoms with van der Waals surface area (Å²) in [4.78, 5) is 43.9. The molecule has 6 rings (SSSR count). The number of Topliss-reactive ketones (excluding diaryl/α,β-unsaturated/α-hetero) is 2. The van der Waals surface area contributed by atoms with E-state index in [2.05, 4.69) is 10.5 Å². The second-order valence-electron chi connectivity index (χ2n) is 13.6. The van der Waals surface area contributed by atoms with Gasteiger partial charge in [0, 0.05) is 17.5 Å². The Morgan fingerprint density at radius 3 is 2.50 bits per heavy atom. The van der Waals surface area contributed by atoms with Crippen molar-refractivity contribution in [2.75, 3.05) is 33.9 Å². The molecule has 3 aliphatic carbocycles. The summed E-state index contributed by atoms with van der Waals surface area (Å²) >= 11 is 0. The van der Waals surface area contributed by atoms with Crippen molar-refractivity contribution >= 4 is 17.5 Å². The number of ether oxygens (including phenoxy) is 2. The van der Waals surface area contributed by atoms with E-state index in [0.717, 1.165) is 45.1 Å². The Hall–Kier alpha value is -3.70. The van der Waals surface area contributed by atoms with Crippen LogP contribution >= 0.6 is 0 Å². The quantitative estimate of drug-likeness (QED) is 0.255. The summed E-state index contributed by atoms with van der Waals surface area (Å²) in [6.45, 7) is 7.29.